The van der Waals surface area contributed by atoms with Crippen LogP contribution in [0.1, 0.15) is 27.2 Å². The van der Waals surface area contributed by atoms with E-state index in [-0.39, 0.29) is 6.42 Å². The van der Waals surface area contributed by atoms with Crippen LogP contribution < -0.4 is 0 Å². The molecule has 0 N–H and O–H groups in total. The van der Waals surface area contributed by atoms with Crippen LogP contribution in [0.3, 0.4) is 0 Å². The Bertz CT molecular complexity index is 154. The van der Waals surface area contributed by atoms with E-state index >= 15 is 0 Å². The Morgan fingerprint density at radius 2 is 2.08 bits per heavy atom. The summed E-state index contributed by atoms with van der Waals surface area (Å²) in [6.45, 7) is 4.81. The second-order valence-corrected chi connectivity index (χ2v) is 4.58. The first-order chi connectivity index (χ1) is 5.37. The van der Waals surface area contributed by atoms with E-state index in [1.165, 1.54) is 0 Å². The first-order valence-corrected chi connectivity index (χ1v) is 4.71. The number of halogens is 2. The third-order valence-corrected chi connectivity index (χ3v) is 1.86. The van der Waals surface area contributed by atoms with Crippen molar-refractivity contribution in [1.82, 2.24) is 0 Å². The summed E-state index contributed by atoms with van der Waals surface area (Å²) < 4.78 is 16.8. The molecule has 0 fully saturated rings. The standard InChI is InChI=1S/C8H14BrFO2/c1-8(2,3)12-7(11)6(9)4-5-10/h6H,4-5H2,1-3H3. The maximum Gasteiger partial charge on any atom is 0.320 e. The van der Waals surface area contributed by atoms with Crippen molar-refractivity contribution in [2.45, 2.75) is 37.6 Å². The molecule has 1 unspecified atom stereocenters. The van der Waals surface area contributed by atoms with E-state index < -0.39 is 23.1 Å². The molecular formula is C8H14BrFO2. The van der Waals surface area contributed by atoms with Crippen LogP contribution >= 0.6 is 15.9 Å². The topological polar surface area (TPSA) is 26.3 Å². The Kier molecular flexibility index (Phi) is 4.75. The zero-order valence-corrected chi connectivity index (χ0v) is 9.15. The molecule has 0 aliphatic rings. The summed E-state index contributed by atoms with van der Waals surface area (Å²) in [5.41, 5.74) is -0.501. The van der Waals surface area contributed by atoms with E-state index in [9.17, 15) is 9.18 Å². The monoisotopic (exact) mass is 240 g/mol. The van der Waals surface area contributed by atoms with Crippen LogP contribution in [-0.4, -0.2) is 23.1 Å². The maximum absolute atomic E-state index is 11.8. The average Bonchev–Trinajstić information content (AvgIpc) is 1.84. The van der Waals surface area contributed by atoms with Crippen LogP contribution in [-0.2, 0) is 9.53 Å². The lowest BCUT2D eigenvalue weighted by molar-refractivity contribution is -0.154. The molecule has 0 aromatic heterocycles. The van der Waals surface area contributed by atoms with Gasteiger partial charge in [0, 0.05) is 0 Å². The average molecular weight is 241 g/mol. The smallest absolute Gasteiger partial charge is 0.320 e. The van der Waals surface area contributed by atoms with Crippen LogP contribution in [0, 0.1) is 0 Å². The molecule has 12 heavy (non-hydrogen) atoms. The van der Waals surface area contributed by atoms with Gasteiger partial charge in [-0.2, -0.15) is 0 Å². The number of hydrogen-bond acceptors (Lipinski definition) is 2. The van der Waals surface area contributed by atoms with E-state index in [4.69, 9.17) is 4.74 Å². The van der Waals surface area contributed by atoms with E-state index in [0.717, 1.165) is 0 Å². The molecule has 0 rings (SSSR count). The number of ether oxygens (including phenoxy) is 1. The quantitative estimate of drug-likeness (QED) is 0.560. The predicted octanol–water partition coefficient (Wildman–Crippen LogP) is 2.45. The van der Waals surface area contributed by atoms with Crippen molar-refractivity contribution >= 4 is 21.9 Å². The molecule has 4 heteroatoms. The Hall–Kier alpha value is -0.120. The molecule has 0 aromatic rings. The Morgan fingerprint density at radius 3 is 2.42 bits per heavy atom. The second kappa shape index (κ2) is 4.80. The van der Waals surface area contributed by atoms with Gasteiger partial charge in [0.05, 0.1) is 6.67 Å². The van der Waals surface area contributed by atoms with Gasteiger partial charge in [0.1, 0.15) is 10.4 Å². The minimum Gasteiger partial charge on any atom is -0.459 e. The Balaban J connectivity index is 3.87. The molecule has 0 amide bonds. The van der Waals surface area contributed by atoms with Gasteiger partial charge in [0.15, 0.2) is 0 Å². The minimum absolute atomic E-state index is 0.162. The van der Waals surface area contributed by atoms with Crippen LogP contribution in [0.15, 0.2) is 0 Å². The van der Waals surface area contributed by atoms with Crippen molar-refractivity contribution in [3.05, 3.63) is 0 Å². The number of hydrogen-bond donors (Lipinski definition) is 0. The van der Waals surface area contributed by atoms with Gasteiger partial charge < -0.3 is 4.74 Å². The van der Waals surface area contributed by atoms with Crippen molar-refractivity contribution in [3.8, 4) is 0 Å². The van der Waals surface area contributed by atoms with Crippen molar-refractivity contribution in [2.75, 3.05) is 6.67 Å². The summed E-state index contributed by atoms with van der Waals surface area (Å²) in [5.74, 6) is -0.403. The zero-order valence-electron chi connectivity index (χ0n) is 7.56. The Labute approximate surface area is 80.6 Å². The normalized spacial score (nSPS) is 14.1. The van der Waals surface area contributed by atoms with E-state index in [1.54, 1.807) is 20.8 Å². The summed E-state index contributed by atoms with van der Waals surface area (Å²) >= 11 is 3.04. The molecule has 0 aliphatic carbocycles. The summed E-state index contributed by atoms with van der Waals surface area (Å²) in [7, 11) is 0. The summed E-state index contributed by atoms with van der Waals surface area (Å²) in [5, 5.41) is 0. The molecule has 0 aliphatic heterocycles. The lowest BCUT2D eigenvalue weighted by atomic mass is 10.2. The molecule has 0 aromatic carbocycles. The molecule has 0 saturated carbocycles. The van der Waals surface area contributed by atoms with Gasteiger partial charge in [-0.05, 0) is 27.2 Å². The highest BCUT2D eigenvalue weighted by Crippen LogP contribution is 2.14. The third-order valence-electron chi connectivity index (χ3n) is 1.03. The van der Waals surface area contributed by atoms with Gasteiger partial charge in [0.25, 0.3) is 0 Å². The molecule has 0 radical (unpaired) electrons. The second-order valence-electron chi connectivity index (χ2n) is 3.48. The summed E-state index contributed by atoms with van der Waals surface area (Å²) in [6.07, 6.45) is 0.162. The van der Waals surface area contributed by atoms with Gasteiger partial charge in [-0.15, -0.1) is 0 Å². The lowest BCUT2D eigenvalue weighted by Gasteiger charge is -2.21. The molecule has 0 heterocycles. The van der Waals surface area contributed by atoms with Crippen molar-refractivity contribution in [3.63, 3.8) is 0 Å². The van der Waals surface area contributed by atoms with E-state index in [2.05, 4.69) is 15.9 Å². The van der Waals surface area contributed by atoms with Crippen LogP contribution in [0.4, 0.5) is 4.39 Å². The minimum atomic E-state index is -0.526. The van der Waals surface area contributed by atoms with Crippen molar-refractivity contribution in [2.24, 2.45) is 0 Å². The van der Waals surface area contributed by atoms with Gasteiger partial charge >= 0.3 is 5.97 Å². The molecule has 1 atom stereocenters. The Morgan fingerprint density at radius 1 is 1.58 bits per heavy atom. The maximum atomic E-state index is 11.8. The van der Waals surface area contributed by atoms with Gasteiger partial charge in [0.2, 0.25) is 0 Å². The molecule has 72 valence electrons. The first-order valence-electron chi connectivity index (χ1n) is 3.79. The van der Waals surface area contributed by atoms with Gasteiger partial charge in [-0.25, -0.2) is 0 Å². The van der Waals surface area contributed by atoms with Gasteiger partial charge in [-0.3, -0.25) is 9.18 Å². The lowest BCUT2D eigenvalue weighted by Crippen LogP contribution is -2.29. The number of esters is 1. The molecule has 0 bridgehead atoms. The zero-order chi connectivity index (χ0) is 9.78. The fourth-order valence-corrected chi connectivity index (χ4v) is 0.846. The highest BCUT2D eigenvalue weighted by molar-refractivity contribution is 9.10. The number of carbonyl (C=O) groups is 1. The highest BCUT2D eigenvalue weighted by atomic mass is 79.9. The largest absolute Gasteiger partial charge is 0.459 e. The SMILES string of the molecule is CC(C)(C)OC(=O)C(Br)CCF. The van der Waals surface area contributed by atoms with Crippen molar-refractivity contribution in [1.29, 1.82) is 0 Å². The first kappa shape index (κ1) is 11.9. The summed E-state index contributed by atoms with van der Waals surface area (Å²) in [6, 6.07) is 0. The third kappa shape index (κ3) is 5.52. The van der Waals surface area contributed by atoms with Crippen molar-refractivity contribution < 1.29 is 13.9 Å². The fourth-order valence-electron chi connectivity index (χ4n) is 0.579. The molecular weight excluding hydrogens is 227 g/mol. The fraction of sp³-hybridized carbons (Fsp3) is 0.875. The summed E-state index contributed by atoms with van der Waals surface area (Å²) in [4.78, 5) is 10.6. The predicted molar refractivity (Wildman–Crippen MR) is 49.2 cm³/mol. The number of alkyl halides is 2. The van der Waals surface area contributed by atoms with Crippen LogP contribution in [0.25, 0.3) is 0 Å². The molecule has 2 nitrogen and oxygen atoms in total. The molecule has 0 spiro atoms. The van der Waals surface area contributed by atoms with Gasteiger partial charge in [-0.1, -0.05) is 15.9 Å². The number of carbonyl (C=O) groups excluding carboxylic acids is 1. The number of rotatable bonds is 3. The molecule has 0 saturated heterocycles. The van der Waals surface area contributed by atoms with Crippen LogP contribution in [0.5, 0.6) is 0 Å². The van der Waals surface area contributed by atoms with E-state index in [0.29, 0.717) is 0 Å². The van der Waals surface area contributed by atoms with Crippen LogP contribution in [0.2, 0.25) is 0 Å². The van der Waals surface area contributed by atoms with E-state index in [1.807, 2.05) is 0 Å². The highest BCUT2D eigenvalue weighted by Gasteiger charge is 2.22.